The van der Waals surface area contributed by atoms with E-state index in [2.05, 4.69) is 19.2 Å². The zero-order valence-corrected chi connectivity index (χ0v) is 16.1. The molecule has 27 heavy (non-hydrogen) atoms. The van der Waals surface area contributed by atoms with Gasteiger partial charge in [0, 0.05) is 6.04 Å². The zero-order chi connectivity index (χ0) is 20.0. The Morgan fingerprint density at radius 1 is 1.22 bits per heavy atom. The SMILES string of the molecule is C[C@H]1[C@@H](NC(=O)[C@@H](C)OC(=O)COc2ccccc2C(N)=O)CCC[C@@H]1C. The van der Waals surface area contributed by atoms with Crippen LogP contribution in [-0.4, -0.2) is 36.5 Å². The third-order valence-electron chi connectivity index (χ3n) is 5.21. The molecule has 4 atom stereocenters. The summed E-state index contributed by atoms with van der Waals surface area (Å²) in [4.78, 5) is 35.6. The third-order valence-corrected chi connectivity index (χ3v) is 5.21. The minimum atomic E-state index is -0.920. The van der Waals surface area contributed by atoms with Gasteiger partial charge in [0.05, 0.1) is 5.56 Å². The van der Waals surface area contributed by atoms with Gasteiger partial charge in [0.15, 0.2) is 12.7 Å². The van der Waals surface area contributed by atoms with Crippen LogP contribution in [0.1, 0.15) is 50.4 Å². The van der Waals surface area contributed by atoms with Crippen LogP contribution < -0.4 is 15.8 Å². The van der Waals surface area contributed by atoms with Gasteiger partial charge in [-0.25, -0.2) is 4.79 Å². The molecule has 0 aliphatic heterocycles. The molecular weight excluding hydrogens is 348 g/mol. The fraction of sp³-hybridized carbons (Fsp3) is 0.550. The van der Waals surface area contributed by atoms with Crippen molar-refractivity contribution in [2.75, 3.05) is 6.61 Å². The van der Waals surface area contributed by atoms with Crippen molar-refractivity contribution in [2.24, 2.45) is 17.6 Å². The smallest absolute Gasteiger partial charge is 0.344 e. The van der Waals surface area contributed by atoms with Gasteiger partial charge in [0.25, 0.3) is 11.8 Å². The predicted octanol–water partition coefficient (Wildman–Crippen LogP) is 2.04. The molecular formula is C20H28N2O5. The van der Waals surface area contributed by atoms with Gasteiger partial charge in [0.2, 0.25) is 0 Å². The molecule has 0 spiro atoms. The van der Waals surface area contributed by atoms with Crippen molar-refractivity contribution >= 4 is 17.8 Å². The Bertz CT molecular complexity index is 691. The van der Waals surface area contributed by atoms with Crippen LogP contribution in [0.25, 0.3) is 0 Å². The Labute approximate surface area is 159 Å². The third kappa shape index (κ3) is 5.70. The van der Waals surface area contributed by atoms with Crippen molar-refractivity contribution in [3.05, 3.63) is 29.8 Å². The molecule has 1 aliphatic rings. The summed E-state index contributed by atoms with van der Waals surface area (Å²) < 4.78 is 10.5. The average molecular weight is 376 g/mol. The molecule has 0 unspecified atom stereocenters. The lowest BCUT2D eigenvalue weighted by Crippen LogP contribution is -2.47. The summed E-state index contributed by atoms with van der Waals surface area (Å²) in [7, 11) is 0. The number of carbonyl (C=O) groups is 3. The van der Waals surface area contributed by atoms with E-state index >= 15 is 0 Å². The van der Waals surface area contributed by atoms with Gasteiger partial charge < -0.3 is 20.5 Å². The molecule has 1 aromatic rings. The number of primary amides is 1. The fourth-order valence-corrected chi connectivity index (χ4v) is 3.30. The number of ether oxygens (including phenoxy) is 2. The van der Waals surface area contributed by atoms with Gasteiger partial charge in [-0.05, 0) is 37.3 Å². The molecule has 7 heteroatoms. The van der Waals surface area contributed by atoms with Crippen LogP contribution in [0.5, 0.6) is 5.75 Å². The molecule has 0 saturated heterocycles. The highest BCUT2D eigenvalue weighted by Gasteiger charge is 2.30. The van der Waals surface area contributed by atoms with Crippen LogP contribution in [-0.2, 0) is 14.3 Å². The number of hydrogen-bond donors (Lipinski definition) is 2. The van der Waals surface area contributed by atoms with E-state index in [0.29, 0.717) is 11.8 Å². The van der Waals surface area contributed by atoms with E-state index in [-0.39, 0.29) is 23.3 Å². The second-order valence-electron chi connectivity index (χ2n) is 7.16. The fourth-order valence-electron chi connectivity index (χ4n) is 3.30. The second-order valence-corrected chi connectivity index (χ2v) is 7.16. The summed E-state index contributed by atoms with van der Waals surface area (Å²) in [6, 6.07) is 6.45. The van der Waals surface area contributed by atoms with E-state index in [1.165, 1.54) is 25.5 Å². The zero-order valence-electron chi connectivity index (χ0n) is 16.1. The van der Waals surface area contributed by atoms with Gasteiger partial charge in [-0.15, -0.1) is 0 Å². The van der Waals surface area contributed by atoms with Gasteiger partial charge in [-0.1, -0.05) is 38.8 Å². The maximum atomic E-state index is 12.3. The van der Waals surface area contributed by atoms with Crippen LogP contribution in [0.15, 0.2) is 24.3 Å². The van der Waals surface area contributed by atoms with E-state index < -0.39 is 24.6 Å². The molecule has 0 heterocycles. The first-order valence-electron chi connectivity index (χ1n) is 9.31. The second kappa shape index (κ2) is 9.39. The first-order chi connectivity index (χ1) is 12.8. The highest BCUT2D eigenvalue weighted by Crippen LogP contribution is 2.29. The Morgan fingerprint density at radius 2 is 1.93 bits per heavy atom. The molecule has 0 radical (unpaired) electrons. The number of benzene rings is 1. The van der Waals surface area contributed by atoms with Crippen LogP contribution in [0.3, 0.4) is 0 Å². The van der Waals surface area contributed by atoms with Crippen LogP contribution in [0.4, 0.5) is 0 Å². The van der Waals surface area contributed by atoms with Crippen molar-refractivity contribution in [3.63, 3.8) is 0 Å². The summed E-state index contributed by atoms with van der Waals surface area (Å²) in [5, 5.41) is 2.98. The predicted molar refractivity (Wildman–Crippen MR) is 100 cm³/mol. The van der Waals surface area contributed by atoms with Crippen LogP contribution >= 0.6 is 0 Å². The van der Waals surface area contributed by atoms with Crippen LogP contribution in [0, 0.1) is 11.8 Å². The topological polar surface area (TPSA) is 108 Å². The van der Waals surface area contributed by atoms with Crippen molar-refractivity contribution in [1.29, 1.82) is 0 Å². The quantitative estimate of drug-likeness (QED) is 0.708. The Balaban J connectivity index is 1.83. The summed E-state index contributed by atoms with van der Waals surface area (Å²) in [6.07, 6.45) is 2.27. The highest BCUT2D eigenvalue weighted by atomic mass is 16.6. The lowest BCUT2D eigenvalue weighted by molar-refractivity contribution is -0.157. The number of nitrogens with one attached hydrogen (secondary N) is 1. The number of amides is 2. The highest BCUT2D eigenvalue weighted by molar-refractivity contribution is 5.95. The average Bonchev–Trinajstić information content (AvgIpc) is 2.63. The molecule has 7 nitrogen and oxygen atoms in total. The maximum Gasteiger partial charge on any atom is 0.344 e. The molecule has 2 amide bonds. The first kappa shape index (κ1) is 20.7. The number of hydrogen-bond acceptors (Lipinski definition) is 5. The minimum Gasteiger partial charge on any atom is -0.481 e. The van der Waals surface area contributed by atoms with Gasteiger partial charge in [0.1, 0.15) is 5.75 Å². The van der Waals surface area contributed by atoms with Gasteiger partial charge in [-0.2, -0.15) is 0 Å². The van der Waals surface area contributed by atoms with Crippen molar-refractivity contribution in [1.82, 2.24) is 5.32 Å². The summed E-state index contributed by atoms with van der Waals surface area (Å²) in [5.41, 5.74) is 5.44. The molecule has 0 bridgehead atoms. The number of rotatable bonds is 7. The summed E-state index contributed by atoms with van der Waals surface area (Å²) in [6.45, 7) is 5.43. The molecule has 1 saturated carbocycles. The number of nitrogens with two attached hydrogens (primary N) is 1. The summed E-state index contributed by atoms with van der Waals surface area (Å²) >= 11 is 0. The van der Waals surface area contributed by atoms with E-state index in [1.54, 1.807) is 12.1 Å². The largest absolute Gasteiger partial charge is 0.481 e. The number of para-hydroxylation sites is 1. The lowest BCUT2D eigenvalue weighted by atomic mass is 9.78. The van der Waals surface area contributed by atoms with E-state index in [0.717, 1.165) is 12.8 Å². The normalized spacial score (nSPS) is 23.1. The number of esters is 1. The molecule has 3 N–H and O–H groups in total. The first-order valence-corrected chi connectivity index (χ1v) is 9.31. The molecule has 148 valence electrons. The van der Waals surface area contributed by atoms with E-state index in [9.17, 15) is 14.4 Å². The molecule has 2 rings (SSSR count). The monoisotopic (exact) mass is 376 g/mol. The molecule has 1 aromatic carbocycles. The molecule has 0 aromatic heterocycles. The lowest BCUT2D eigenvalue weighted by Gasteiger charge is -2.35. The van der Waals surface area contributed by atoms with Crippen molar-refractivity contribution in [2.45, 2.75) is 52.2 Å². The number of carbonyl (C=O) groups excluding carboxylic acids is 3. The van der Waals surface area contributed by atoms with Gasteiger partial charge in [-0.3, -0.25) is 9.59 Å². The van der Waals surface area contributed by atoms with E-state index in [4.69, 9.17) is 15.2 Å². The Kier molecular flexibility index (Phi) is 7.21. The standard InChI is InChI=1S/C20H28N2O5/c1-12-7-6-9-16(13(12)2)22-20(25)14(3)27-18(23)11-26-17-10-5-4-8-15(17)19(21)24/h4-5,8,10,12-14,16H,6-7,9,11H2,1-3H3,(H2,21,24)(H,22,25)/t12-,13+,14+,16-/m0/s1. The molecule has 1 fully saturated rings. The Hall–Kier alpha value is -2.57. The van der Waals surface area contributed by atoms with Crippen LogP contribution in [0.2, 0.25) is 0 Å². The van der Waals surface area contributed by atoms with E-state index in [1.807, 2.05) is 0 Å². The Morgan fingerprint density at radius 3 is 2.63 bits per heavy atom. The van der Waals surface area contributed by atoms with Gasteiger partial charge >= 0.3 is 5.97 Å². The maximum absolute atomic E-state index is 12.3. The molecule has 1 aliphatic carbocycles. The summed E-state index contributed by atoms with van der Waals surface area (Å²) in [5.74, 6) is -0.514. The van der Waals surface area contributed by atoms with Crippen molar-refractivity contribution < 1.29 is 23.9 Å². The minimum absolute atomic E-state index is 0.0982. The van der Waals surface area contributed by atoms with Crippen molar-refractivity contribution in [3.8, 4) is 5.75 Å².